The second kappa shape index (κ2) is 6.86. The van der Waals surface area contributed by atoms with Gasteiger partial charge in [-0.25, -0.2) is 4.98 Å². The third-order valence-electron chi connectivity index (χ3n) is 4.96. The van der Waals surface area contributed by atoms with Crippen LogP contribution in [0.15, 0.2) is 24.3 Å². The zero-order chi connectivity index (χ0) is 19.0. The van der Waals surface area contributed by atoms with E-state index < -0.39 is 0 Å². The van der Waals surface area contributed by atoms with Crippen LogP contribution in [-0.4, -0.2) is 32.1 Å². The van der Waals surface area contributed by atoms with Crippen molar-refractivity contribution in [2.45, 2.75) is 39.2 Å². The van der Waals surface area contributed by atoms with Crippen LogP contribution in [0.3, 0.4) is 0 Å². The van der Waals surface area contributed by atoms with Gasteiger partial charge in [-0.15, -0.1) is 5.10 Å². The number of nitrogen functional groups attached to an aromatic ring is 1. The summed E-state index contributed by atoms with van der Waals surface area (Å²) in [4.78, 5) is 21.1. The molecule has 0 saturated heterocycles. The van der Waals surface area contributed by atoms with Gasteiger partial charge in [0.2, 0.25) is 11.9 Å². The Morgan fingerprint density at radius 3 is 3.00 bits per heavy atom. The second-order valence-electron chi connectivity index (χ2n) is 6.74. The van der Waals surface area contributed by atoms with Crippen LogP contribution in [0.5, 0.6) is 5.75 Å². The van der Waals surface area contributed by atoms with Crippen LogP contribution in [0.1, 0.15) is 41.4 Å². The fourth-order valence-electron chi connectivity index (χ4n) is 3.58. The molecule has 1 amide bonds. The number of anilines is 1. The van der Waals surface area contributed by atoms with E-state index in [1.807, 2.05) is 38.1 Å². The third kappa shape index (κ3) is 3.30. The minimum absolute atomic E-state index is 0.00806. The zero-order valence-electron chi connectivity index (χ0n) is 15.4. The number of aromatic nitrogens is 4. The van der Waals surface area contributed by atoms with Gasteiger partial charge < -0.3 is 15.8 Å². The molecule has 1 aromatic carbocycles. The predicted octanol–water partition coefficient (Wildman–Crippen LogP) is 1.90. The molecule has 0 unspecified atom stereocenters. The van der Waals surface area contributed by atoms with E-state index in [9.17, 15) is 4.79 Å². The summed E-state index contributed by atoms with van der Waals surface area (Å²) < 4.78 is 7.28. The molecule has 1 atom stereocenters. The van der Waals surface area contributed by atoms with Crippen molar-refractivity contribution in [3.63, 3.8) is 0 Å². The number of hydrogen-bond acceptors (Lipinski definition) is 6. The normalized spacial score (nSPS) is 16.0. The molecular formula is C19H22N6O2. The minimum atomic E-state index is -0.0136. The molecule has 140 valence electrons. The van der Waals surface area contributed by atoms with Crippen molar-refractivity contribution in [3.05, 3.63) is 46.8 Å². The summed E-state index contributed by atoms with van der Waals surface area (Å²) in [7, 11) is 0. The van der Waals surface area contributed by atoms with Gasteiger partial charge in [-0.1, -0.05) is 18.2 Å². The molecule has 4 rings (SSSR count). The lowest BCUT2D eigenvalue weighted by Crippen LogP contribution is -2.32. The zero-order valence-corrected chi connectivity index (χ0v) is 15.4. The van der Waals surface area contributed by atoms with E-state index in [0.29, 0.717) is 25.2 Å². The summed E-state index contributed by atoms with van der Waals surface area (Å²) in [5.41, 5.74) is 9.45. The van der Waals surface area contributed by atoms with Crippen molar-refractivity contribution in [2.24, 2.45) is 0 Å². The number of nitrogens with one attached hydrogen (secondary N) is 1. The molecule has 3 aromatic rings. The Morgan fingerprint density at radius 1 is 1.33 bits per heavy atom. The van der Waals surface area contributed by atoms with E-state index in [2.05, 4.69) is 20.4 Å². The highest BCUT2D eigenvalue weighted by atomic mass is 16.5. The quantitative estimate of drug-likeness (QED) is 0.730. The minimum Gasteiger partial charge on any atom is -0.493 e. The fourth-order valence-corrected chi connectivity index (χ4v) is 3.58. The van der Waals surface area contributed by atoms with Gasteiger partial charge in [0.05, 0.1) is 12.6 Å². The molecule has 2 aromatic heterocycles. The van der Waals surface area contributed by atoms with Crippen LogP contribution in [0.2, 0.25) is 0 Å². The number of carbonyl (C=O) groups is 1. The van der Waals surface area contributed by atoms with Crippen molar-refractivity contribution in [1.82, 2.24) is 24.9 Å². The molecule has 0 spiro atoms. The van der Waals surface area contributed by atoms with Crippen molar-refractivity contribution in [1.29, 1.82) is 0 Å². The van der Waals surface area contributed by atoms with Crippen LogP contribution in [0.4, 0.5) is 5.95 Å². The average Bonchev–Trinajstić information content (AvgIpc) is 3.02. The highest BCUT2D eigenvalue weighted by Crippen LogP contribution is 2.31. The first kappa shape index (κ1) is 17.3. The molecular weight excluding hydrogens is 344 g/mol. The predicted molar refractivity (Wildman–Crippen MR) is 100 cm³/mol. The molecule has 3 heterocycles. The molecule has 8 heteroatoms. The SMILES string of the molecule is Cc1nc2nc(N)nn2c(C)c1CCC(=O)N[C@H]1CCOc2ccccc21. The Hall–Kier alpha value is -3.16. The van der Waals surface area contributed by atoms with Crippen LogP contribution in [0, 0.1) is 13.8 Å². The van der Waals surface area contributed by atoms with E-state index in [1.165, 1.54) is 0 Å². The van der Waals surface area contributed by atoms with Gasteiger partial charge in [0.1, 0.15) is 5.75 Å². The second-order valence-corrected chi connectivity index (χ2v) is 6.74. The maximum Gasteiger partial charge on any atom is 0.254 e. The first-order chi connectivity index (χ1) is 13.0. The number of carbonyl (C=O) groups excluding carboxylic acids is 1. The van der Waals surface area contributed by atoms with Gasteiger partial charge in [0, 0.05) is 29.8 Å². The monoisotopic (exact) mass is 366 g/mol. The Bertz CT molecular complexity index is 1010. The van der Waals surface area contributed by atoms with Crippen LogP contribution in [-0.2, 0) is 11.2 Å². The molecule has 27 heavy (non-hydrogen) atoms. The maximum absolute atomic E-state index is 12.6. The summed E-state index contributed by atoms with van der Waals surface area (Å²) in [5.74, 6) is 1.53. The van der Waals surface area contributed by atoms with E-state index in [-0.39, 0.29) is 17.9 Å². The summed E-state index contributed by atoms with van der Waals surface area (Å²) in [5, 5.41) is 7.30. The van der Waals surface area contributed by atoms with Gasteiger partial charge in [-0.3, -0.25) is 4.79 Å². The number of hydrogen-bond donors (Lipinski definition) is 2. The largest absolute Gasteiger partial charge is 0.493 e. The smallest absolute Gasteiger partial charge is 0.254 e. The van der Waals surface area contributed by atoms with Crippen LogP contribution >= 0.6 is 0 Å². The lowest BCUT2D eigenvalue weighted by atomic mass is 10.00. The molecule has 0 saturated carbocycles. The molecule has 0 radical (unpaired) electrons. The number of aryl methyl sites for hydroxylation is 2. The van der Waals surface area contributed by atoms with Crippen LogP contribution in [0.25, 0.3) is 5.78 Å². The van der Waals surface area contributed by atoms with E-state index in [0.717, 1.165) is 34.7 Å². The lowest BCUT2D eigenvalue weighted by Gasteiger charge is -2.26. The van der Waals surface area contributed by atoms with Gasteiger partial charge in [-0.05, 0) is 31.9 Å². The molecule has 0 bridgehead atoms. The molecule has 8 nitrogen and oxygen atoms in total. The molecule has 3 N–H and O–H groups in total. The van der Waals surface area contributed by atoms with Gasteiger partial charge in [0.25, 0.3) is 5.78 Å². The van der Waals surface area contributed by atoms with E-state index in [1.54, 1.807) is 4.52 Å². The maximum atomic E-state index is 12.6. The van der Waals surface area contributed by atoms with Gasteiger partial charge in [-0.2, -0.15) is 9.50 Å². The highest BCUT2D eigenvalue weighted by Gasteiger charge is 2.23. The summed E-state index contributed by atoms with van der Waals surface area (Å²) in [6.45, 7) is 4.46. The number of ether oxygens (including phenoxy) is 1. The summed E-state index contributed by atoms with van der Waals surface area (Å²) in [6.07, 6.45) is 1.72. The Labute approximate surface area is 156 Å². The van der Waals surface area contributed by atoms with E-state index >= 15 is 0 Å². The number of amides is 1. The number of nitrogens with two attached hydrogens (primary N) is 1. The van der Waals surface area contributed by atoms with Gasteiger partial charge in [0.15, 0.2) is 0 Å². The average molecular weight is 366 g/mol. The number of rotatable bonds is 4. The molecule has 1 aliphatic heterocycles. The third-order valence-corrected chi connectivity index (χ3v) is 4.96. The number of fused-ring (bicyclic) bond motifs is 2. The van der Waals surface area contributed by atoms with Gasteiger partial charge >= 0.3 is 0 Å². The van der Waals surface area contributed by atoms with Crippen molar-refractivity contribution < 1.29 is 9.53 Å². The Balaban J connectivity index is 1.47. The molecule has 0 fully saturated rings. The standard InChI is InChI=1S/C19H22N6O2/c1-11-13(12(2)25-19(21-11)23-18(20)24-25)7-8-17(26)22-15-9-10-27-16-6-4-3-5-14(15)16/h3-6,15H,7-10H2,1-2H3,(H2,20,24)(H,22,26)/t15-/m0/s1. The number of para-hydroxylation sites is 1. The van der Waals surface area contributed by atoms with Crippen molar-refractivity contribution in [3.8, 4) is 5.75 Å². The van der Waals surface area contributed by atoms with E-state index in [4.69, 9.17) is 10.5 Å². The fraction of sp³-hybridized carbons (Fsp3) is 0.368. The topological polar surface area (TPSA) is 107 Å². The number of nitrogens with zero attached hydrogens (tertiary/aromatic N) is 4. The van der Waals surface area contributed by atoms with Crippen molar-refractivity contribution in [2.75, 3.05) is 12.3 Å². The number of benzene rings is 1. The highest BCUT2D eigenvalue weighted by molar-refractivity contribution is 5.77. The summed E-state index contributed by atoms with van der Waals surface area (Å²) in [6, 6.07) is 7.82. The molecule has 1 aliphatic rings. The lowest BCUT2D eigenvalue weighted by molar-refractivity contribution is -0.122. The van der Waals surface area contributed by atoms with Crippen LogP contribution < -0.4 is 15.8 Å². The van der Waals surface area contributed by atoms with Crippen molar-refractivity contribution >= 4 is 17.6 Å². The Kier molecular flexibility index (Phi) is 4.39. The Morgan fingerprint density at radius 2 is 2.15 bits per heavy atom. The first-order valence-corrected chi connectivity index (χ1v) is 9.02. The molecule has 0 aliphatic carbocycles. The summed E-state index contributed by atoms with van der Waals surface area (Å²) >= 11 is 0. The first-order valence-electron chi connectivity index (χ1n) is 9.02.